The lowest BCUT2D eigenvalue weighted by Gasteiger charge is -2.28. The number of carbonyl (C=O) groups is 2. The quantitative estimate of drug-likeness (QED) is 0.813. The molecule has 0 bridgehead atoms. The van der Waals surface area contributed by atoms with Crippen molar-refractivity contribution in [1.82, 2.24) is 10.2 Å². The summed E-state index contributed by atoms with van der Waals surface area (Å²) in [5.74, 6) is -0.225. The van der Waals surface area contributed by atoms with Crippen molar-refractivity contribution in [2.75, 3.05) is 18.6 Å². The third-order valence-corrected chi connectivity index (χ3v) is 4.16. The highest BCUT2D eigenvalue weighted by Gasteiger charge is 2.26. The Bertz CT molecular complexity index is 312. The lowest BCUT2D eigenvalue weighted by Crippen LogP contribution is -2.50. The Morgan fingerprint density at radius 1 is 1.42 bits per heavy atom. The molecule has 19 heavy (non-hydrogen) atoms. The van der Waals surface area contributed by atoms with Gasteiger partial charge in [-0.1, -0.05) is 12.8 Å². The van der Waals surface area contributed by atoms with Crippen molar-refractivity contribution in [3.05, 3.63) is 0 Å². The number of likely N-dealkylation sites (tertiary alicyclic amines) is 1. The maximum Gasteiger partial charge on any atom is 0.326 e. The Kier molecular flexibility index (Phi) is 7.05. The number of carboxylic acid groups (broad SMARTS) is 1. The van der Waals surface area contributed by atoms with Gasteiger partial charge >= 0.3 is 12.0 Å². The summed E-state index contributed by atoms with van der Waals surface area (Å²) in [5.41, 5.74) is 0. The number of thioether (sulfide) groups is 1. The molecule has 2 N–H and O–H groups in total. The summed E-state index contributed by atoms with van der Waals surface area (Å²) in [7, 11) is 0. The van der Waals surface area contributed by atoms with Gasteiger partial charge < -0.3 is 15.3 Å². The second-order valence-corrected chi connectivity index (χ2v) is 6.00. The first kappa shape index (κ1) is 16.1. The minimum Gasteiger partial charge on any atom is -0.480 e. The molecule has 0 radical (unpaired) electrons. The SMILES string of the molecule is CSCC[C@H](NC(=O)N1CCCCCC1C)C(=O)O. The van der Waals surface area contributed by atoms with Crippen LogP contribution in [0.15, 0.2) is 0 Å². The van der Waals surface area contributed by atoms with E-state index in [1.807, 2.05) is 13.2 Å². The largest absolute Gasteiger partial charge is 0.480 e. The van der Waals surface area contributed by atoms with E-state index in [9.17, 15) is 9.59 Å². The van der Waals surface area contributed by atoms with Crippen LogP contribution in [0.1, 0.15) is 39.0 Å². The number of rotatable bonds is 5. The topological polar surface area (TPSA) is 69.6 Å². The predicted octanol–water partition coefficient (Wildman–Crippen LogP) is 2.17. The maximum absolute atomic E-state index is 12.2. The van der Waals surface area contributed by atoms with E-state index in [0.29, 0.717) is 6.42 Å². The molecule has 1 aliphatic heterocycles. The first-order chi connectivity index (χ1) is 9.06. The van der Waals surface area contributed by atoms with Gasteiger partial charge in [0.1, 0.15) is 6.04 Å². The third kappa shape index (κ3) is 5.30. The monoisotopic (exact) mass is 288 g/mol. The minimum absolute atomic E-state index is 0.192. The van der Waals surface area contributed by atoms with Crippen LogP contribution >= 0.6 is 11.8 Å². The Labute approximate surface area is 119 Å². The average molecular weight is 288 g/mol. The average Bonchev–Trinajstić information content (AvgIpc) is 2.58. The van der Waals surface area contributed by atoms with E-state index < -0.39 is 12.0 Å². The summed E-state index contributed by atoms with van der Waals surface area (Å²) in [4.78, 5) is 25.1. The van der Waals surface area contributed by atoms with Crippen molar-refractivity contribution in [2.45, 2.75) is 51.1 Å². The second-order valence-electron chi connectivity index (χ2n) is 5.01. The molecule has 1 unspecified atom stereocenters. The zero-order chi connectivity index (χ0) is 14.3. The van der Waals surface area contributed by atoms with Crippen molar-refractivity contribution in [3.63, 3.8) is 0 Å². The molecule has 0 aliphatic carbocycles. The lowest BCUT2D eigenvalue weighted by molar-refractivity contribution is -0.139. The molecule has 2 atom stereocenters. The molecule has 0 spiro atoms. The number of carboxylic acids is 1. The van der Waals surface area contributed by atoms with Crippen molar-refractivity contribution in [3.8, 4) is 0 Å². The number of carbonyl (C=O) groups excluding carboxylic acids is 1. The molecule has 0 aromatic rings. The molecular weight excluding hydrogens is 264 g/mol. The fraction of sp³-hybridized carbons (Fsp3) is 0.846. The van der Waals surface area contributed by atoms with Gasteiger partial charge in [0, 0.05) is 12.6 Å². The summed E-state index contributed by atoms with van der Waals surface area (Å²) in [6, 6.07) is -0.823. The molecule has 2 amide bonds. The normalized spacial score (nSPS) is 21.6. The smallest absolute Gasteiger partial charge is 0.326 e. The van der Waals surface area contributed by atoms with Gasteiger partial charge in [0.2, 0.25) is 0 Å². The van der Waals surface area contributed by atoms with Gasteiger partial charge in [0.25, 0.3) is 0 Å². The Morgan fingerprint density at radius 3 is 2.79 bits per heavy atom. The van der Waals surface area contributed by atoms with Crippen molar-refractivity contribution >= 4 is 23.8 Å². The van der Waals surface area contributed by atoms with Crippen LogP contribution in [0.3, 0.4) is 0 Å². The first-order valence-electron chi connectivity index (χ1n) is 6.85. The van der Waals surface area contributed by atoms with Gasteiger partial charge in [-0.05, 0) is 38.2 Å². The van der Waals surface area contributed by atoms with Gasteiger partial charge in [-0.2, -0.15) is 11.8 Å². The molecule has 1 aliphatic rings. The van der Waals surface area contributed by atoms with E-state index in [2.05, 4.69) is 5.32 Å². The van der Waals surface area contributed by atoms with Crippen LogP contribution in [0.5, 0.6) is 0 Å². The molecule has 0 aromatic heterocycles. The number of urea groups is 1. The van der Waals surface area contributed by atoms with E-state index in [4.69, 9.17) is 5.11 Å². The molecule has 1 fully saturated rings. The van der Waals surface area contributed by atoms with Crippen LogP contribution in [0.4, 0.5) is 4.79 Å². The van der Waals surface area contributed by atoms with Gasteiger partial charge in [-0.3, -0.25) is 0 Å². The van der Waals surface area contributed by atoms with E-state index in [1.165, 1.54) is 0 Å². The third-order valence-electron chi connectivity index (χ3n) is 3.52. The Balaban J connectivity index is 2.56. The summed E-state index contributed by atoms with van der Waals surface area (Å²) < 4.78 is 0. The number of amides is 2. The minimum atomic E-state index is -0.954. The zero-order valence-corrected chi connectivity index (χ0v) is 12.5. The number of hydrogen-bond donors (Lipinski definition) is 2. The highest BCUT2D eigenvalue weighted by atomic mass is 32.2. The summed E-state index contributed by atoms with van der Waals surface area (Å²) in [5, 5.41) is 11.8. The number of aliphatic carboxylic acids is 1. The second kappa shape index (κ2) is 8.30. The molecule has 0 saturated carbocycles. The van der Waals surface area contributed by atoms with Gasteiger partial charge in [-0.15, -0.1) is 0 Å². The van der Waals surface area contributed by atoms with Crippen LogP contribution in [0.2, 0.25) is 0 Å². The molecule has 1 saturated heterocycles. The molecule has 5 nitrogen and oxygen atoms in total. The van der Waals surface area contributed by atoms with Crippen molar-refractivity contribution in [2.24, 2.45) is 0 Å². The maximum atomic E-state index is 12.2. The standard InChI is InChI=1S/C13H24N2O3S/c1-10-6-4-3-5-8-15(10)13(18)14-11(12(16)17)7-9-19-2/h10-11H,3-9H2,1-2H3,(H,14,18)(H,16,17)/t10?,11-/m0/s1. The number of nitrogens with zero attached hydrogens (tertiary/aromatic N) is 1. The molecular formula is C13H24N2O3S. The van der Waals surface area contributed by atoms with Crippen molar-refractivity contribution in [1.29, 1.82) is 0 Å². The summed E-state index contributed by atoms with van der Waals surface area (Å²) >= 11 is 1.59. The Hall–Kier alpha value is -0.910. The molecule has 0 aromatic carbocycles. The van der Waals surface area contributed by atoms with Gasteiger partial charge in [0.15, 0.2) is 0 Å². The molecule has 1 heterocycles. The van der Waals surface area contributed by atoms with Crippen LogP contribution in [-0.4, -0.2) is 52.6 Å². The van der Waals surface area contributed by atoms with Crippen LogP contribution in [0, 0.1) is 0 Å². The number of nitrogens with one attached hydrogen (secondary N) is 1. The molecule has 1 rings (SSSR count). The van der Waals surface area contributed by atoms with E-state index >= 15 is 0 Å². The van der Waals surface area contributed by atoms with Gasteiger partial charge in [-0.25, -0.2) is 9.59 Å². The summed E-state index contributed by atoms with van der Waals surface area (Å²) in [6.07, 6.45) is 6.67. The fourth-order valence-electron chi connectivity index (χ4n) is 2.30. The predicted molar refractivity (Wildman–Crippen MR) is 77.6 cm³/mol. The van der Waals surface area contributed by atoms with Crippen LogP contribution in [0.25, 0.3) is 0 Å². The van der Waals surface area contributed by atoms with E-state index in [0.717, 1.165) is 38.0 Å². The van der Waals surface area contributed by atoms with Crippen molar-refractivity contribution < 1.29 is 14.7 Å². The zero-order valence-electron chi connectivity index (χ0n) is 11.7. The van der Waals surface area contributed by atoms with Crippen LogP contribution in [-0.2, 0) is 4.79 Å². The lowest BCUT2D eigenvalue weighted by atomic mass is 10.1. The molecule has 6 heteroatoms. The van der Waals surface area contributed by atoms with Gasteiger partial charge in [0.05, 0.1) is 0 Å². The van der Waals surface area contributed by atoms with E-state index in [1.54, 1.807) is 16.7 Å². The fourth-order valence-corrected chi connectivity index (χ4v) is 2.77. The highest BCUT2D eigenvalue weighted by Crippen LogP contribution is 2.16. The molecule has 110 valence electrons. The van der Waals surface area contributed by atoms with E-state index in [-0.39, 0.29) is 12.1 Å². The highest BCUT2D eigenvalue weighted by molar-refractivity contribution is 7.98. The number of hydrogen-bond acceptors (Lipinski definition) is 3. The Morgan fingerprint density at radius 2 is 2.16 bits per heavy atom. The summed E-state index contributed by atoms with van der Waals surface area (Å²) in [6.45, 7) is 2.75. The van der Waals surface area contributed by atoms with Crippen LogP contribution < -0.4 is 5.32 Å². The first-order valence-corrected chi connectivity index (χ1v) is 8.24.